The molecule has 1 heterocycles. The van der Waals surface area contributed by atoms with E-state index >= 15 is 0 Å². The molecule has 0 fully saturated rings. The third kappa shape index (κ3) is 4.54. The van der Waals surface area contributed by atoms with Gasteiger partial charge in [-0.2, -0.15) is 0 Å². The molecule has 0 saturated heterocycles. The van der Waals surface area contributed by atoms with Gasteiger partial charge < -0.3 is 14.8 Å². The lowest BCUT2D eigenvalue weighted by molar-refractivity contribution is -0.137. The molecule has 1 aliphatic heterocycles. The van der Waals surface area contributed by atoms with E-state index in [0.717, 1.165) is 16.7 Å². The molecule has 30 heavy (non-hydrogen) atoms. The minimum atomic E-state index is -0.351. The second-order valence-electron chi connectivity index (χ2n) is 7.58. The van der Waals surface area contributed by atoms with Crippen molar-refractivity contribution in [2.24, 2.45) is 0 Å². The molecule has 2 aromatic carbocycles. The van der Waals surface area contributed by atoms with Crippen molar-refractivity contribution in [3.05, 3.63) is 64.9 Å². The van der Waals surface area contributed by atoms with Gasteiger partial charge in [0.1, 0.15) is 11.4 Å². The van der Waals surface area contributed by atoms with Crippen LogP contribution in [-0.4, -0.2) is 43.1 Å². The highest BCUT2D eigenvalue weighted by molar-refractivity contribution is 6.36. The number of nitrogens with one attached hydrogen (secondary N) is 1. The lowest BCUT2D eigenvalue weighted by Gasteiger charge is -2.16. The van der Waals surface area contributed by atoms with Gasteiger partial charge in [-0.3, -0.25) is 14.5 Å². The first-order valence-corrected chi connectivity index (χ1v) is 10.0. The first kappa shape index (κ1) is 21.6. The van der Waals surface area contributed by atoms with E-state index in [-0.39, 0.29) is 30.2 Å². The quantitative estimate of drug-likeness (QED) is 0.671. The number of anilines is 1. The number of rotatable bonds is 8. The second-order valence-corrected chi connectivity index (χ2v) is 7.58. The lowest BCUT2D eigenvalue weighted by Crippen LogP contribution is -2.35. The molecule has 0 spiro atoms. The monoisotopic (exact) mass is 408 g/mol. The molecular weight excluding hydrogens is 380 g/mol. The van der Waals surface area contributed by atoms with Gasteiger partial charge in [-0.1, -0.05) is 18.2 Å². The SMILES string of the molecule is COc1ccc(NC2=C(c3ccc(C)c(C)c3)C(=O)N(CCOC(C)C)C2=O)cc1. The molecule has 0 radical (unpaired) electrons. The van der Waals surface area contributed by atoms with Crippen LogP contribution in [0.15, 0.2) is 48.2 Å². The molecule has 0 aromatic heterocycles. The number of hydrogen-bond acceptors (Lipinski definition) is 5. The Bertz CT molecular complexity index is 977. The van der Waals surface area contributed by atoms with E-state index in [4.69, 9.17) is 9.47 Å². The lowest BCUT2D eigenvalue weighted by atomic mass is 9.99. The molecule has 2 aromatic rings. The Hall–Kier alpha value is -3.12. The summed E-state index contributed by atoms with van der Waals surface area (Å²) in [5.74, 6) is 0.0493. The smallest absolute Gasteiger partial charge is 0.278 e. The number of benzene rings is 2. The third-order valence-electron chi connectivity index (χ3n) is 5.09. The van der Waals surface area contributed by atoms with Crippen LogP contribution in [0.2, 0.25) is 0 Å². The zero-order valence-corrected chi connectivity index (χ0v) is 18.1. The molecule has 1 aliphatic rings. The van der Waals surface area contributed by atoms with E-state index in [9.17, 15) is 9.59 Å². The number of carbonyl (C=O) groups is 2. The van der Waals surface area contributed by atoms with E-state index in [1.165, 1.54) is 4.90 Å². The molecule has 158 valence electrons. The van der Waals surface area contributed by atoms with Gasteiger partial charge in [0, 0.05) is 5.69 Å². The summed E-state index contributed by atoms with van der Waals surface area (Å²) in [7, 11) is 1.60. The topological polar surface area (TPSA) is 67.9 Å². The van der Waals surface area contributed by atoms with Crippen molar-refractivity contribution in [2.45, 2.75) is 33.8 Å². The predicted molar refractivity (Wildman–Crippen MR) is 117 cm³/mol. The Morgan fingerprint density at radius 2 is 1.67 bits per heavy atom. The van der Waals surface area contributed by atoms with Gasteiger partial charge in [0.15, 0.2) is 0 Å². The number of carbonyl (C=O) groups excluding carboxylic acids is 2. The van der Waals surface area contributed by atoms with Gasteiger partial charge in [0.25, 0.3) is 11.8 Å². The van der Waals surface area contributed by atoms with Crippen LogP contribution in [0.3, 0.4) is 0 Å². The van der Waals surface area contributed by atoms with E-state index in [2.05, 4.69) is 5.32 Å². The van der Waals surface area contributed by atoms with Gasteiger partial charge >= 0.3 is 0 Å². The molecular formula is C24H28N2O4. The summed E-state index contributed by atoms with van der Waals surface area (Å²) in [4.78, 5) is 27.6. The minimum absolute atomic E-state index is 0.0295. The molecule has 2 amide bonds. The maximum absolute atomic E-state index is 13.2. The van der Waals surface area contributed by atoms with Crippen molar-refractivity contribution in [3.63, 3.8) is 0 Å². The molecule has 0 saturated carbocycles. The fraction of sp³-hybridized carbons (Fsp3) is 0.333. The van der Waals surface area contributed by atoms with Gasteiger partial charge in [-0.25, -0.2) is 0 Å². The van der Waals surface area contributed by atoms with Crippen molar-refractivity contribution >= 4 is 23.1 Å². The zero-order valence-electron chi connectivity index (χ0n) is 18.1. The van der Waals surface area contributed by atoms with Gasteiger partial charge in [0.2, 0.25) is 0 Å². The van der Waals surface area contributed by atoms with Crippen LogP contribution in [0.25, 0.3) is 5.57 Å². The van der Waals surface area contributed by atoms with Crippen LogP contribution in [0.4, 0.5) is 5.69 Å². The number of imide groups is 1. The highest BCUT2D eigenvalue weighted by atomic mass is 16.5. The summed E-state index contributed by atoms with van der Waals surface area (Å²) >= 11 is 0. The number of hydrogen-bond donors (Lipinski definition) is 1. The molecule has 1 N–H and O–H groups in total. The fourth-order valence-electron chi connectivity index (χ4n) is 3.26. The molecule has 6 nitrogen and oxygen atoms in total. The molecule has 0 bridgehead atoms. The molecule has 0 unspecified atom stereocenters. The van der Waals surface area contributed by atoms with Crippen molar-refractivity contribution < 1.29 is 19.1 Å². The average molecular weight is 408 g/mol. The number of methoxy groups -OCH3 is 1. The van der Waals surface area contributed by atoms with E-state index in [1.54, 1.807) is 19.2 Å². The van der Waals surface area contributed by atoms with Crippen LogP contribution in [-0.2, 0) is 14.3 Å². The van der Waals surface area contributed by atoms with Crippen molar-refractivity contribution in [1.29, 1.82) is 0 Å². The van der Waals surface area contributed by atoms with Gasteiger partial charge in [-0.15, -0.1) is 0 Å². The Labute approximate surface area is 177 Å². The summed E-state index contributed by atoms with van der Waals surface area (Å²) in [6, 6.07) is 13.0. The Balaban J connectivity index is 1.97. The zero-order chi connectivity index (χ0) is 21.8. The van der Waals surface area contributed by atoms with Crippen LogP contribution in [0.5, 0.6) is 5.75 Å². The summed E-state index contributed by atoms with van der Waals surface area (Å²) in [6.07, 6.45) is 0.0295. The van der Waals surface area contributed by atoms with E-state index < -0.39 is 0 Å². The number of aryl methyl sites for hydroxylation is 2. The normalized spacial score (nSPS) is 14.1. The van der Waals surface area contributed by atoms with Crippen LogP contribution in [0.1, 0.15) is 30.5 Å². The highest BCUT2D eigenvalue weighted by Gasteiger charge is 2.39. The summed E-state index contributed by atoms with van der Waals surface area (Å²) < 4.78 is 10.7. The molecule has 0 atom stereocenters. The Morgan fingerprint density at radius 3 is 2.27 bits per heavy atom. The number of amides is 2. The Morgan fingerprint density at radius 1 is 0.967 bits per heavy atom. The van der Waals surface area contributed by atoms with Crippen LogP contribution in [0, 0.1) is 13.8 Å². The van der Waals surface area contributed by atoms with E-state index in [1.807, 2.05) is 58.0 Å². The summed E-state index contributed by atoms with van der Waals surface area (Å²) in [5.41, 5.74) is 4.27. The second kappa shape index (κ2) is 9.13. The molecule has 6 heteroatoms. The number of nitrogens with zero attached hydrogens (tertiary/aromatic N) is 1. The van der Waals surface area contributed by atoms with E-state index in [0.29, 0.717) is 23.6 Å². The predicted octanol–water partition coefficient (Wildman–Crippen LogP) is 3.93. The largest absolute Gasteiger partial charge is 0.497 e. The first-order chi connectivity index (χ1) is 14.3. The van der Waals surface area contributed by atoms with Crippen molar-refractivity contribution in [1.82, 2.24) is 4.90 Å². The maximum atomic E-state index is 13.2. The standard InChI is InChI=1S/C24H28N2O4/c1-15(2)30-13-12-26-23(27)21(18-7-6-16(3)17(4)14-18)22(24(26)28)25-19-8-10-20(29-5)11-9-19/h6-11,14-15,25H,12-13H2,1-5H3. The average Bonchev–Trinajstić information content (AvgIpc) is 2.94. The van der Waals surface area contributed by atoms with Crippen molar-refractivity contribution in [2.75, 3.05) is 25.6 Å². The summed E-state index contributed by atoms with van der Waals surface area (Å²) in [5, 5.41) is 3.16. The third-order valence-corrected chi connectivity index (χ3v) is 5.09. The van der Waals surface area contributed by atoms with Crippen LogP contribution < -0.4 is 10.1 Å². The Kier molecular flexibility index (Phi) is 6.57. The molecule has 3 rings (SSSR count). The van der Waals surface area contributed by atoms with Gasteiger partial charge in [0.05, 0.1) is 31.9 Å². The van der Waals surface area contributed by atoms with Crippen molar-refractivity contribution in [3.8, 4) is 5.75 Å². The van der Waals surface area contributed by atoms with Gasteiger partial charge in [-0.05, 0) is 68.7 Å². The first-order valence-electron chi connectivity index (χ1n) is 10.0. The molecule has 0 aliphatic carbocycles. The number of ether oxygens (including phenoxy) is 2. The van der Waals surface area contributed by atoms with Crippen LogP contribution >= 0.6 is 0 Å². The minimum Gasteiger partial charge on any atom is -0.497 e. The maximum Gasteiger partial charge on any atom is 0.278 e. The summed E-state index contributed by atoms with van der Waals surface area (Å²) in [6.45, 7) is 8.35. The highest BCUT2D eigenvalue weighted by Crippen LogP contribution is 2.31. The fourth-order valence-corrected chi connectivity index (χ4v) is 3.26.